The number of carbonyl (C=O) groups excluding carboxylic acids is 1. The first-order valence-electron chi connectivity index (χ1n) is 6.05. The summed E-state index contributed by atoms with van der Waals surface area (Å²) in [6.07, 6.45) is 0.410. The quantitative estimate of drug-likeness (QED) is 0.758. The molecule has 1 amide bonds. The first-order chi connectivity index (χ1) is 9.70. The van der Waals surface area contributed by atoms with E-state index in [1.54, 1.807) is 0 Å². The summed E-state index contributed by atoms with van der Waals surface area (Å²) in [5.74, 6) is -0.117. The highest BCUT2D eigenvalue weighted by molar-refractivity contribution is 7.98. The molecule has 0 fully saturated rings. The van der Waals surface area contributed by atoms with E-state index in [2.05, 4.69) is 10.3 Å². The van der Waals surface area contributed by atoms with Crippen molar-refractivity contribution in [1.29, 1.82) is 0 Å². The van der Waals surface area contributed by atoms with E-state index in [4.69, 9.17) is 5.11 Å². The predicted molar refractivity (Wildman–Crippen MR) is 78.5 cm³/mol. The molecule has 20 heavy (non-hydrogen) atoms. The Morgan fingerprint density at radius 1 is 1.35 bits per heavy atom. The van der Waals surface area contributed by atoms with E-state index in [1.165, 1.54) is 11.8 Å². The van der Waals surface area contributed by atoms with Gasteiger partial charge in [0.05, 0.1) is 11.2 Å². The number of hydrogen-bond acceptors (Lipinski definition) is 4. The lowest BCUT2D eigenvalue weighted by Gasteiger charge is -2.10. The van der Waals surface area contributed by atoms with Crippen LogP contribution in [0.4, 0.5) is 0 Å². The average molecular weight is 290 g/mol. The Hall–Kier alpha value is -2.08. The maximum Gasteiger partial charge on any atom is 0.327 e. The fourth-order valence-electron chi connectivity index (χ4n) is 1.74. The Kier molecular flexibility index (Phi) is 4.95. The highest BCUT2D eigenvalue weighted by Crippen LogP contribution is 2.16. The molecule has 0 aliphatic heterocycles. The molecule has 1 atom stereocenters. The van der Waals surface area contributed by atoms with Crippen LogP contribution in [0.15, 0.2) is 36.4 Å². The number of carbonyl (C=O) groups is 2. The number of nitrogens with zero attached hydrogens (tertiary/aromatic N) is 1. The third kappa shape index (κ3) is 3.71. The summed E-state index contributed by atoms with van der Waals surface area (Å²) in [5.41, 5.74) is 1.82. The highest BCUT2D eigenvalue weighted by atomic mass is 32.2. The molecule has 2 rings (SSSR count). The second-order valence-corrected chi connectivity index (χ2v) is 5.22. The first-order valence-corrected chi connectivity index (χ1v) is 7.21. The van der Waals surface area contributed by atoms with Crippen molar-refractivity contribution in [2.45, 2.75) is 11.8 Å². The number of carboxylic acid groups (broad SMARTS) is 1. The molecule has 5 nitrogen and oxygen atoms in total. The zero-order valence-electron chi connectivity index (χ0n) is 10.7. The molecule has 1 heterocycles. The number of thioether (sulfide) groups is 1. The molecule has 0 radical (unpaired) electrons. The van der Waals surface area contributed by atoms with Crippen molar-refractivity contribution in [2.75, 3.05) is 5.75 Å². The summed E-state index contributed by atoms with van der Waals surface area (Å²) >= 11 is 1.43. The van der Waals surface area contributed by atoms with Crippen molar-refractivity contribution < 1.29 is 14.7 Å². The fraction of sp³-hybridized carbons (Fsp3) is 0.214. The average Bonchev–Trinajstić information content (AvgIpc) is 2.46. The molecule has 0 saturated carbocycles. The summed E-state index contributed by atoms with van der Waals surface area (Å²) in [5, 5.41) is 12.2. The smallest absolute Gasteiger partial charge is 0.327 e. The van der Waals surface area contributed by atoms with Gasteiger partial charge in [-0.15, -0.1) is 0 Å². The van der Waals surface area contributed by atoms with Crippen LogP contribution in [0.2, 0.25) is 0 Å². The van der Waals surface area contributed by atoms with Crippen LogP contribution in [0.5, 0.6) is 0 Å². The number of pyridine rings is 1. The normalized spacial score (nSPS) is 12.0. The number of benzene rings is 1. The highest BCUT2D eigenvalue weighted by Gasteiger charge is 2.15. The molecule has 0 bridgehead atoms. The van der Waals surface area contributed by atoms with E-state index in [9.17, 15) is 9.59 Å². The van der Waals surface area contributed by atoms with Gasteiger partial charge in [0.25, 0.3) is 0 Å². The van der Waals surface area contributed by atoms with E-state index in [1.807, 2.05) is 36.4 Å². The molecule has 2 aromatic rings. The molecular formula is C14H14N2O3S. The number of amides is 1. The van der Waals surface area contributed by atoms with E-state index in [0.717, 1.165) is 16.6 Å². The second-order valence-electron chi connectivity index (χ2n) is 4.19. The third-order valence-electron chi connectivity index (χ3n) is 2.76. The number of nitrogens with one attached hydrogen (secondary N) is 1. The molecule has 0 aliphatic rings. The first kappa shape index (κ1) is 14.3. The minimum atomic E-state index is -1.03. The van der Waals surface area contributed by atoms with E-state index >= 15 is 0 Å². The molecule has 104 valence electrons. The van der Waals surface area contributed by atoms with Crippen molar-refractivity contribution in [3.8, 4) is 0 Å². The van der Waals surface area contributed by atoms with E-state index in [-0.39, 0.29) is 0 Å². The van der Waals surface area contributed by atoms with Gasteiger partial charge in [-0.1, -0.05) is 24.3 Å². The minimum Gasteiger partial charge on any atom is -0.480 e. The summed E-state index contributed by atoms with van der Waals surface area (Å²) < 4.78 is 0. The lowest BCUT2D eigenvalue weighted by atomic mass is 10.2. The Morgan fingerprint density at radius 3 is 2.90 bits per heavy atom. The third-order valence-corrected chi connectivity index (χ3v) is 3.83. The van der Waals surface area contributed by atoms with Gasteiger partial charge in [0.15, 0.2) is 0 Å². The van der Waals surface area contributed by atoms with Gasteiger partial charge >= 0.3 is 5.97 Å². The monoisotopic (exact) mass is 290 g/mol. The zero-order valence-corrected chi connectivity index (χ0v) is 11.5. The summed E-state index contributed by atoms with van der Waals surface area (Å²) in [6.45, 7) is 0. The molecule has 6 heteroatoms. The van der Waals surface area contributed by atoms with Crippen LogP contribution in [0.1, 0.15) is 5.69 Å². The second kappa shape index (κ2) is 6.91. The number of para-hydroxylation sites is 1. The number of aliphatic carboxylic acids is 1. The van der Waals surface area contributed by atoms with Crippen molar-refractivity contribution in [3.05, 3.63) is 42.1 Å². The minimum absolute atomic E-state index is 0.308. The summed E-state index contributed by atoms with van der Waals surface area (Å²) in [6, 6.07) is 10.9. The van der Waals surface area contributed by atoms with Crippen LogP contribution in [-0.2, 0) is 15.3 Å². The lowest BCUT2D eigenvalue weighted by Crippen LogP contribution is -2.37. The SMILES string of the molecule is O=CNC(CSCc1ccc2ccccc2n1)C(=O)O. The van der Waals surface area contributed by atoms with Crippen LogP contribution in [0, 0.1) is 0 Å². The van der Waals surface area contributed by atoms with Crippen LogP contribution in [-0.4, -0.2) is 34.3 Å². The van der Waals surface area contributed by atoms with Crippen LogP contribution < -0.4 is 5.32 Å². The number of rotatable bonds is 7. The van der Waals surface area contributed by atoms with Crippen LogP contribution >= 0.6 is 11.8 Å². The van der Waals surface area contributed by atoms with Crippen molar-refractivity contribution in [1.82, 2.24) is 10.3 Å². The van der Waals surface area contributed by atoms with Crippen LogP contribution in [0.25, 0.3) is 10.9 Å². The standard InChI is InChI=1S/C14H14N2O3S/c17-9-15-13(14(18)19)8-20-7-11-6-5-10-3-1-2-4-12(10)16-11/h1-6,9,13H,7-8H2,(H,15,17)(H,18,19). The predicted octanol–water partition coefficient (Wildman–Crippen LogP) is 1.67. The molecule has 1 unspecified atom stereocenters. The topological polar surface area (TPSA) is 79.3 Å². The maximum absolute atomic E-state index is 10.9. The Labute approximate surface area is 120 Å². The molecule has 0 saturated heterocycles. The molecule has 1 aromatic carbocycles. The summed E-state index contributed by atoms with van der Waals surface area (Å²) in [7, 11) is 0. The molecule has 1 aromatic heterocycles. The van der Waals surface area contributed by atoms with Gasteiger partial charge in [0, 0.05) is 16.9 Å². The molecule has 0 spiro atoms. The van der Waals surface area contributed by atoms with E-state index in [0.29, 0.717) is 17.9 Å². The van der Waals surface area contributed by atoms with Gasteiger partial charge in [-0.2, -0.15) is 11.8 Å². The Bertz CT molecular complexity index is 618. The number of aromatic nitrogens is 1. The molecular weight excluding hydrogens is 276 g/mol. The van der Waals surface area contributed by atoms with Crippen LogP contribution in [0.3, 0.4) is 0 Å². The Balaban J connectivity index is 1.95. The van der Waals surface area contributed by atoms with Gasteiger partial charge in [-0.25, -0.2) is 4.79 Å². The number of carboxylic acids is 1. The van der Waals surface area contributed by atoms with Gasteiger partial charge in [-0.3, -0.25) is 9.78 Å². The van der Waals surface area contributed by atoms with Gasteiger partial charge in [-0.05, 0) is 12.1 Å². The van der Waals surface area contributed by atoms with Crippen molar-refractivity contribution >= 4 is 35.0 Å². The largest absolute Gasteiger partial charge is 0.480 e. The van der Waals surface area contributed by atoms with Gasteiger partial charge in [0.2, 0.25) is 6.41 Å². The summed E-state index contributed by atoms with van der Waals surface area (Å²) in [4.78, 5) is 25.7. The van der Waals surface area contributed by atoms with Crippen molar-refractivity contribution in [3.63, 3.8) is 0 Å². The number of hydrogen-bond donors (Lipinski definition) is 2. The van der Waals surface area contributed by atoms with Gasteiger partial charge < -0.3 is 10.4 Å². The fourth-order valence-corrected chi connectivity index (χ4v) is 2.71. The maximum atomic E-state index is 10.9. The Morgan fingerprint density at radius 2 is 2.15 bits per heavy atom. The zero-order chi connectivity index (χ0) is 14.4. The van der Waals surface area contributed by atoms with Crippen molar-refractivity contribution in [2.24, 2.45) is 0 Å². The molecule has 0 aliphatic carbocycles. The molecule has 2 N–H and O–H groups in total. The number of fused-ring (bicyclic) bond motifs is 1. The van der Waals surface area contributed by atoms with E-state index < -0.39 is 12.0 Å². The lowest BCUT2D eigenvalue weighted by molar-refractivity contribution is -0.139. The van der Waals surface area contributed by atoms with Gasteiger partial charge in [0.1, 0.15) is 6.04 Å².